The number of carboxylic acids is 1. The molecule has 2 aliphatic rings. The first-order valence-electron chi connectivity index (χ1n) is 12.5. The smallest absolute Gasteiger partial charge is 0.534 e. The van der Waals surface area contributed by atoms with E-state index in [1.165, 1.54) is 11.4 Å². The Morgan fingerprint density at radius 1 is 1.24 bits per heavy atom. The fourth-order valence-electron chi connectivity index (χ4n) is 4.23. The summed E-state index contributed by atoms with van der Waals surface area (Å²) in [6, 6.07) is 4.68. The van der Waals surface area contributed by atoms with Crippen LogP contribution in [0, 0.1) is 0 Å². The number of thiazole rings is 1. The highest BCUT2D eigenvalue weighted by Crippen LogP contribution is 2.30. The number of benzene rings is 1. The van der Waals surface area contributed by atoms with Crippen LogP contribution in [0.5, 0.6) is 5.75 Å². The fraction of sp³-hybridized carbons (Fsp3) is 0.458. The van der Waals surface area contributed by atoms with E-state index >= 15 is 0 Å². The summed E-state index contributed by atoms with van der Waals surface area (Å²) in [5.41, 5.74) is 6.04. The number of para-hydroxylation sites is 1. The molecule has 1 aromatic carbocycles. The lowest BCUT2D eigenvalue weighted by molar-refractivity contribution is -0.126. The van der Waals surface area contributed by atoms with E-state index in [0.717, 1.165) is 43.4 Å². The van der Waals surface area contributed by atoms with Crippen LogP contribution in [0.15, 0.2) is 28.7 Å². The number of amides is 2. The Morgan fingerprint density at radius 2 is 1.97 bits per heavy atom. The fourth-order valence-corrected chi connectivity index (χ4v) is 4.77. The lowest BCUT2D eigenvalue weighted by atomic mass is 9.72. The summed E-state index contributed by atoms with van der Waals surface area (Å²) in [5, 5.41) is 30.9. The Bertz CT molecular complexity index is 1170. The average Bonchev–Trinajstić information content (AvgIpc) is 3.34. The second-order valence-electron chi connectivity index (χ2n) is 8.58. The summed E-state index contributed by atoms with van der Waals surface area (Å²) < 4.78 is 5.41. The van der Waals surface area contributed by atoms with E-state index in [1.54, 1.807) is 12.1 Å². The zero-order valence-electron chi connectivity index (χ0n) is 21.3. The van der Waals surface area contributed by atoms with E-state index in [9.17, 15) is 24.5 Å². The van der Waals surface area contributed by atoms with E-state index in [0.29, 0.717) is 5.56 Å². The molecule has 0 radical (unpaired) electrons. The molecule has 0 spiro atoms. The SMILES string of the molecule is CC.Nc1nc(/C(=N/OCC(=O)NC2CCCCC2)C(=O)NC2Cc3cccc(C(=O)O)c3OB2O)cs1. The summed E-state index contributed by atoms with van der Waals surface area (Å²) in [5.74, 6) is -3.13. The molecule has 38 heavy (non-hydrogen) atoms. The van der Waals surface area contributed by atoms with Crippen LogP contribution in [0.25, 0.3) is 0 Å². The number of aromatic nitrogens is 1. The maximum absolute atomic E-state index is 13.1. The average molecular weight is 545 g/mol. The number of fused-ring (bicyclic) bond motifs is 1. The Kier molecular flexibility index (Phi) is 10.5. The van der Waals surface area contributed by atoms with Crippen molar-refractivity contribution in [2.24, 2.45) is 5.16 Å². The topological polar surface area (TPSA) is 185 Å². The second kappa shape index (κ2) is 13.8. The first-order valence-corrected chi connectivity index (χ1v) is 13.4. The largest absolute Gasteiger partial charge is 0.547 e. The van der Waals surface area contributed by atoms with Crippen LogP contribution in [-0.2, 0) is 20.8 Å². The molecule has 1 fully saturated rings. The summed E-state index contributed by atoms with van der Waals surface area (Å²) in [7, 11) is -1.51. The van der Waals surface area contributed by atoms with Gasteiger partial charge in [0.15, 0.2) is 17.5 Å². The monoisotopic (exact) mass is 545 g/mol. The van der Waals surface area contributed by atoms with Crippen LogP contribution >= 0.6 is 11.3 Å². The maximum atomic E-state index is 13.1. The third-order valence-electron chi connectivity index (χ3n) is 5.97. The number of nitrogens with one attached hydrogen (secondary N) is 2. The molecule has 1 aliphatic carbocycles. The Balaban J connectivity index is 0.00000195. The molecule has 1 saturated carbocycles. The summed E-state index contributed by atoms with van der Waals surface area (Å²) in [6.07, 6.45) is 5.25. The molecule has 14 heteroatoms. The molecule has 204 valence electrons. The van der Waals surface area contributed by atoms with Crippen LogP contribution in [0.2, 0.25) is 0 Å². The van der Waals surface area contributed by atoms with Gasteiger partial charge in [-0.1, -0.05) is 50.4 Å². The first-order chi connectivity index (χ1) is 18.3. The standard InChI is InChI=1S/C22H26BN5O7S.C2H6/c24-22-26-15(11-36-22)18(28-34-10-17(29)25-13-6-2-1-3-7-13)20(30)27-16-9-12-5-4-8-14(21(31)32)19(12)35-23(16)33;1-2/h4-5,8,11,13,16,33H,1-3,6-7,9-10H2,(H2,24,26)(H,25,29)(H,27,30)(H,31,32);1-2H3/b28-18-;. The van der Waals surface area contributed by atoms with Crippen molar-refractivity contribution < 1.29 is 34.0 Å². The minimum absolute atomic E-state index is 0.0523. The summed E-state index contributed by atoms with van der Waals surface area (Å²) in [4.78, 5) is 46.0. The van der Waals surface area contributed by atoms with Crippen molar-refractivity contribution in [3.05, 3.63) is 40.4 Å². The third kappa shape index (κ3) is 7.45. The summed E-state index contributed by atoms with van der Waals surface area (Å²) in [6.45, 7) is 3.62. The van der Waals surface area contributed by atoms with Gasteiger partial charge in [-0.2, -0.15) is 0 Å². The molecule has 1 aliphatic heterocycles. The first kappa shape index (κ1) is 28.9. The van der Waals surface area contributed by atoms with Crippen molar-refractivity contribution in [1.82, 2.24) is 15.6 Å². The lowest BCUT2D eigenvalue weighted by Gasteiger charge is -2.28. The van der Waals surface area contributed by atoms with Gasteiger partial charge in [0.1, 0.15) is 11.4 Å². The van der Waals surface area contributed by atoms with E-state index in [2.05, 4.69) is 20.8 Å². The maximum Gasteiger partial charge on any atom is 0.547 e. The molecule has 6 N–H and O–H groups in total. The van der Waals surface area contributed by atoms with E-state index < -0.39 is 24.9 Å². The minimum atomic E-state index is -1.51. The number of nitrogen functional groups attached to an aromatic ring is 1. The van der Waals surface area contributed by atoms with Crippen LogP contribution in [-0.4, -0.2) is 64.3 Å². The van der Waals surface area contributed by atoms with Crippen molar-refractivity contribution >= 4 is 47.1 Å². The van der Waals surface area contributed by atoms with Crippen LogP contribution in [0.3, 0.4) is 0 Å². The molecule has 2 amide bonds. The number of oxime groups is 1. The number of anilines is 1. The second-order valence-corrected chi connectivity index (χ2v) is 9.47. The Labute approximate surface area is 224 Å². The third-order valence-corrected chi connectivity index (χ3v) is 6.64. The molecular weight excluding hydrogens is 513 g/mol. The molecule has 4 rings (SSSR count). The van der Waals surface area contributed by atoms with Gasteiger partial charge < -0.3 is 36.0 Å². The Morgan fingerprint density at radius 3 is 2.63 bits per heavy atom. The molecule has 2 heterocycles. The van der Waals surface area contributed by atoms with Gasteiger partial charge in [-0.3, -0.25) is 9.59 Å². The van der Waals surface area contributed by atoms with Gasteiger partial charge in [0.05, 0.1) is 11.5 Å². The van der Waals surface area contributed by atoms with Crippen molar-refractivity contribution in [3.8, 4) is 5.75 Å². The van der Waals surface area contributed by atoms with Gasteiger partial charge in [-0.05, 0) is 30.9 Å². The van der Waals surface area contributed by atoms with Crippen molar-refractivity contribution in [1.29, 1.82) is 0 Å². The predicted octanol–water partition coefficient (Wildman–Crippen LogP) is 1.76. The van der Waals surface area contributed by atoms with Gasteiger partial charge in [0, 0.05) is 11.4 Å². The summed E-state index contributed by atoms with van der Waals surface area (Å²) >= 11 is 1.10. The Hall–Kier alpha value is -3.65. The molecule has 0 bridgehead atoms. The number of hydrogen-bond acceptors (Lipinski definition) is 10. The van der Waals surface area contributed by atoms with E-state index in [1.807, 2.05) is 13.8 Å². The number of rotatable bonds is 8. The number of carbonyl (C=O) groups is 3. The molecule has 0 saturated heterocycles. The molecule has 1 aromatic heterocycles. The zero-order chi connectivity index (χ0) is 27.7. The van der Waals surface area contributed by atoms with Gasteiger partial charge in [-0.15, -0.1) is 11.3 Å². The predicted molar refractivity (Wildman–Crippen MR) is 143 cm³/mol. The van der Waals surface area contributed by atoms with E-state index in [-0.39, 0.29) is 52.8 Å². The lowest BCUT2D eigenvalue weighted by Crippen LogP contribution is -2.54. The number of carboxylic acid groups (broad SMARTS) is 1. The van der Waals surface area contributed by atoms with Crippen LogP contribution < -0.4 is 21.0 Å². The molecule has 1 atom stereocenters. The van der Waals surface area contributed by atoms with Gasteiger partial charge >= 0.3 is 13.1 Å². The molecule has 2 aromatic rings. The van der Waals surface area contributed by atoms with Crippen LogP contribution in [0.1, 0.15) is 67.6 Å². The normalized spacial score (nSPS) is 17.3. The molecule has 12 nitrogen and oxygen atoms in total. The highest BCUT2D eigenvalue weighted by molar-refractivity contribution is 7.13. The van der Waals surface area contributed by atoms with Gasteiger partial charge in [-0.25, -0.2) is 9.78 Å². The molecular formula is C24H32BN5O7S. The number of nitrogens with zero attached hydrogens (tertiary/aromatic N) is 2. The molecule has 1 unspecified atom stereocenters. The number of carbonyl (C=O) groups excluding carboxylic acids is 2. The van der Waals surface area contributed by atoms with Crippen LogP contribution in [0.4, 0.5) is 5.13 Å². The zero-order valence-corrected chi connectivity index (χ0v) is 22.1. The van der Waals surface area contributed by atoms with Crippen molar-refractivity contribution in [2.75, 3.05) is 12.3 Å². The quantitative estimate of drug-likeness (QED) is 0.187. The van der Waals surface area contributed by atoms with Crippen molar-refractivity contribution in [3.63, 3.8) is 0 Å². The van der Waals surface area contributed by atoms with Gasteiger partial charge in [0.25, 0.3) is 11.8 Å². The number of aromatic carboxylic acids is 1. The highest BCUT2D eigenvalue weighted by atomic mass is 32.1. The number of nitrogens with two attached hydrogens (primary N) is 1. The minimum Gasteiger partial charge on any atom is -0.534 e. The number of hydrogen-bond donors (Lipinski definition) is 5. The highest BCUT2D eigenvalue weighted by Gasteiger charge is 2.38. The van der Waals surface area contributed by atoms with E-state index in [4.69, 9.17) is 15.2 Å². The van der Waals surface area contributed by atoms with Crippen molar-refractivity contribution in [2.45, 2.75) is 64.4 Å². The van der Waals surface area contributed by atoms with Gasteiger partial charge in [0.2, 0.25) is 0 Å².